The average molecular weight is 1110 g/mol. The van der Waals surface area contributed by atoms with Gasteiger partial charge in [0.25, 0.3) is 0 Å². The van der Waals surface area contributed by atoms with Gasteiger partial charge in [0.05, 0.1) is 25.4 Å². The Labute approximate surface area is 494 Å². The lowest BCUT2D eigenvalue weighted by Crippen LogP contribution is -2.45. The lowest BCUT2D eigenvalue weighted by atomic mass is 10.0. The molecule has 0 heterocycles. The minimum absolute atomic E-state index is 0.0165. The van der Waals surface area contributed by atoms with E-state index in [0.29, 0.717) is 19.4 Å². The van der Waals surface area contributed by atoms with Crippen LogP contribution >= 0.6 is 0 Å². The molecule has 0 aromatic heterocycles. The van der Waals surface area contributed by atoms with Gasteiger partial charge in [-0.3, -0.25) is 9.59 Å². The zero-order chi connectivity index (χ0) is 57.1. The predicted octanol–water partition coefficient (Wildman–Crippen LogP) is 23.1. The summed E-state index contributed by atoms with van der Waals surface area (Å²) in [4.78, 5) is 24.6. The Morgan fingerprint density at radius 3 is 0.962 bits per heavy atom. The molecule has 6 nitrogen and oxygen atoms in total. The van der Waals surface area contributed by atoms with Gasteiger partial charge in [0, 0.05) is 12.8 Å². The van der Waals surface area contributed by atoms with E-state index in [2.05, 4.69) is 43.5 Å². The summed E-state index contributed by atoms with van der Waals surface area (Å²) >= 11 is 0. The van der Waals surface area contributed by atoms with Gasteiger partial charge in [-0.2, -0.15) is 0 Å². The number of hydrogen-bond acceptors (Lipinski definition) is 5. The highest BCUT2D eigenvalue weighted by molar-refractivity contribution is 5.76. The van der Waals surface area contributed by atoms with E-state index in [4.69, 9.17) is 4.74 Å². The number of rotatable bonds is 67. The van der Waals surface area contributed by atoms with Crippen LogP contribution in [0.5, 0.6) is 0 Å². The van der Waals surface area contributed by atoms with Crippen molar-refractivity contribution in [3.05, 3.63) is 36.5 Å². The maximum atomic E-state index is 12.5. The second kappa shape index (κ2) is 68.6. The average Bonchev–Trinajstić information content (AvgIpc) is 3.45. The highest BCUT2D eigenvalue weighted by atomic mass is 16.5. The third-order valence-corrected chi connectivity index (χ3v) is 16.7. The molecule has 0 spiro atoms. The van der Waals surface area contributed by atoms with Crippen LogP contribution in [-0.2, 0) is 14.3 Å². The molecule has 79 heavy (non-hydrogen) atoms. The summed E-state index contributed by atoms with van der Waals surface area (Å²) in [7, 11) is 0. The predicted molar refractivity (Wildman–Crippen MR) is 347 cm³/mol. The fourth-order valence-electron chi connectivity index (χ4n) is 11.2. The second-order valence-electron chi connectivity index (χ2n) is 24.6. The Morgan fingerprint density at radius 2 is 0.633 bits per heavy atom. The summed E-state index contributed by atoms with van der Waals surface area (Å²) in [5.41, 5.74) is 0. The SMILES string of the molecule is CCCCCCCCCCCCCCC/C=C/C(O)C(CO)NC(=O)CCCCCCCCCCCCCCC/C=C\C/C=C\CCCCCCCCCCCOC(=O)CCCCCCCCCCCCCCCCCCCC. The summed E-state index contributed by atoms with van der Waals surface area (Å²) in [5.74, 6) is -0.0505. The van der Waals surface area contributed by atoms with Gasteiger partial charge in [-0.05, 0) is 64.2 Å². The first-order chi connectivity index (χ1) is 39.0. The van der Waals surface area contributed by atoms with Gasteiger partial charge in [0.1, 0.15) is 0 Å². The van der Waals surface area contributed by atoms with Gasteiger partial charge < -0.3 is 20.3 Å². The third-order valence-electron chi connectivity index (χ3n) is 16.7. The van der Waals surface area contributed by atoms with Crippen molar-refractivity contribution in [2.24, 2.45) is 0 Å². The second-order valence-corrected chi connectivity index (χ2v) is 24.6. The number of carbonyl (C=O) groups excluding carboxylic acids is 2. The summed E-state index contributed by atoms with van der Waals surface area (Å²) in [5, 5.41) is 23.2. The molecule has 0 saturated carbocycles. The van der Waals surface area contributed by atoms with E-state index in [1.54, 1.807) is 6.08 Å². The van der Waals surface area contributed by atoms with Crippen molar-refractivity contribution in [1.29, 1.82) is 0 Å². The summed E-state index contributed by atoms with van der Waals surface area (Å²) in [6.07, 6.45) is 88.0. The molecule has 0 fully saturated rings. The molecule has 0 radical (unpaired) electrons. The number of amides is 1. The molecule has 0 rings (SSSR count). The maximum Gasteiger partial charge on any atom is 0.305 e. The minimum Gasteiger partial charge on any atom is -0.466 e. The number of nitrogens with one attached hydrogen (secondary N) is 1. The van der Waals surface area contributed by atoms with Crippen LogP contribution in [0.1, 0.15) is 393 Å². The largest absolute Gasteiger partial charge is 0.466 e. The molecule has 2 unspecified atom stereocenters. The van der Waals surface area contributed by atoms with E-state index in [1.807, 2.05) is 6.08 Å². The summed E-state index contributed by atoms with van der Waals surface area (Å²) in [6, 6.07) is -0.629. The summed E-state index contributed by atoms with van der Waals surface area (Å²) in [6.45, 7) is 4.93. The quantitative estimate of drug-likeness (QED) is 0.0320. The molecular weight excluding hydrogens is 971 g/mol. The number of aliphatic hydroxyl groups excluding tert-OH is 2. The van der Waals surface area contributed by atoms with E-state index < -0.39 is 12.1 Å². The first-order valence-corrected chi connectivity index (χ1v) is 35.8. The van der Waals surface area contributed by atoms with E-state index in [-0.39, 0.29) is 18.5 Å². The molecule has 0 aliphatic heterocycles. The fraction of sp³-hybridized carbons (Fsp3) is 0.890. The topological polar surface area (TPSA) is 95.9 Å². The van der Waals surface area contributed by atoms with Crippen LogP contribution in [0, 0.1) is 0 Å². The smallest absolute Gasteiger partial charge is 0.305 e. The van der Waals surface area contributed by atoms with Crippen molar-refractivity contribution in [1.82, 2.24) is 5.32 Å². The van der Waals surface area contributed by atoms with Gasteiger partial charge in [0.2, 0.25) is 5.91 Å². The molecule has 2 atom stereocenters. The van der Waals surface area contributed by atoms with Crippen molar-refractivity contribution in [2.45, 2.75) is 405 Å². The van der Waals surface area contributed by atoms with Gasteiger partial charge in [-0.1, -0.05) is 352 Å². The molecule has 0 aliphatic carbocycles. The van der Waals surface area contributed by atoms with E-state index in [0.717, 1.165) is 44.9 Å². The van der Waals surface area contributed by atoms with Gasteiger partial charge in [-0.25, -0.2) is 0 Å². The number of esters is 1. The summed E-state index contributed by atoms with van der Waals surface area (Å²) < 4.78 is 5.51. The van der Waals surface area contributed by atoms with Crippen molar-refractivity contribution >= 4 is 11.9 Å². The Kier molecular flexibility index (Phi) is 66.9. The van der Waals surface area contributed by atoms with Crippen molar-refractivity contribution in [2.75, 3.05) is 13.2 Å². The Bertz CT molecular complexity index is 1280. The molecule has 0 bridgehead atoms. The zero-order valence-corrected chi connectivity index (χ0v) is 53.4. The van der Waals surface area contributed by atoms with Crippen LogP contribution in [0.3, 0.4) is 0 Å². The highest BCUT2D eigenvalue weighted by Crippen LogP contribution is 2.18. The normalized spacial score (nSPS) is 12.7. The van der Waals surface area contributed by atoms with Gasteiger partial charge in [0.15, 0.2) is 0 Å². The van der Waals surface area contributed by atoms with Gasteiger partial charge in [-0.15, -0.1) is 0 Å². The van der Waals surface area contributed by atoms with E-state index in [1.165, 1.54) is 321 Å². The molecule has 0 saturated heterocycles. The number of hydrogen-bond donors (Lipinski definition) is 3. The molecule has 0 aromatic carbocycles. The van der Waals surface area contributed by atoms with Crippen LogP contribution in [0.2, 0.25) is 0 Å². The van der Waals surface area contributed by atoms with Crippen LogP contribution in [0.25, 0.3) is 0 Å². The number of ether oxygens (including phenoxy) is 1. The molecule has 3 N–H and O–H groups in total. The van der Waals surface area contributed by atoms with Crippen LogP contribution in [0.4, 0.5) is 0 Å². The zero-order valence-electron chi connectivity index (χ0n) is 53.4. The number of aliphatic hydroxyl groups is 2. The molecule has 6 heteroatoms. The lowest BCUT2D eigenvalue weighted by molar-refractivity contribution is -0.143. The van der Waals surface area contributed by atoms with E-state index in [9.17, 15) is 19.8 Å². The highest BCUT2D eigenvalue weighted by Gasteiger charge is 2.18. The standard InChI is InChI=1S/C73H139NO5/c1-3-5-7-9-11-13-15-17-19-20-35-39-43-47-51-55-59-63-67-73(78)79-68-64-60-56-52-48-44-40-36-33-31-29-27-25-23-21-22-24-26-28-30-32-34-38-42-46-50-54-58-62-66-72(77)74-70(69-75)71(76)65-61-57-53-49-45-41-37-18-16-14-12-10-8-6-4-2/h21,23,27,29,61,65,70-71,75-76H,3-20,22,24-26,28,30-60,62-64,66-69H2,1-2H3,(H,74,77)/b23-21-,29-27-,65-61+. The molecule has 1 amide bonds. The van der Waals surface area contributed by atoms with Gasteiger partial charge >= 0.3 is 5.97 Å². The number of unbranched alkanes of at least 4 members (excludes halogenated alkanes) is 52. The maximum absolute atomic E-state index is 12.5. The fourth-order valence-corrected chi connectivity index (χ4v) is 11.2. The first kappa shape index (κ1) is 77.1. The minimum atomic E-state index is -0.845. The molecule has 0 aromatic rings. The first-order valence-electron chi connectivity index (χ1n) is 35.8. The van der Waals surface area contributed by atoms with Crippen molar-refractivity contribution in [3.63, 3.8) is 0 Å². The van der Waals surface area contributed by atoms with Crippen LogP contribution in [-0.4, -0.2) is 47.4 Å². The lowest BCUT2D eigenvalue weighted by Gasteiger charge is -2.20. The Morgan fingerprint density at radius 1 is 0.354 bits per heavy atom. The molecule has 0 aliphatic rings. The van der Waals surface area contributed by atoms with E-state index >= 15 is 0 Å². The van der Waals surface area contributed by atoms with Crippen molar-refractivity contribution in [3.8, 4) is 0 Å². The number of carbonyl (C=O) groups is 2. The molecular formula is C73H139NO5. The van der Waals surface area contributed by atoms with Crippen LogP contribution in [0.15, 0.2) is 36.5 Å². The van der Waals surface area contributed by atoms with Crippen LogP contribution < -0.4 is 5.32 Å². The monoisotopic (exact) mass is 1110 g/mol. The Hall–Kier alpha value is -1.92. The number of allylic oxidation sites excluding steroid dienone is 5. The molecule has 466 valence electrons. The van der Waals surface area contributed by atoms with Crippen molar-refractivity contribution < 1.29 is 24.5 Å². The Balaban J connectivity index is 3.40. The third kappa shape index (κ3) is 65.1.